The summed E-state index contributed by atoms with van der Waals surface area (Å²) in [6.45, 7) is 0. The standard InChI is InChI=1S/C3H8N2O3P/c1-7-9(6,8-2)3-5-4/h3-4H,1-2H3/q+1. The van der Waals surface area contributed by atoms with Crippen molar-refractivity contribution in [1.82, 2.24) is 0 Å². The molecule has 9 heavy (non-hydrogen) atoms. The minimum Gasteiger partial charge on any atom is -0.304 e. The van der Waals surface area contributed by atoms with E-state index in [1.165, 1.54) is 14.2 Å². The lowest BCUT2D eigenvalue weighted by molar-refractivity contribution is -0.110. The zero-order chi connectivity index (χ0) is 7.33. The maximum atomic E-state index is 10.8. The van der Waals surface area contributed by atoms with Crippen molar-refractivity contribution < 1.29 is 18.4 Å². The van der Waals surface area contributed by atoms with Gasteiger partial charge in [0.05, 0.1) is 10.3 Å². The maximum Gasteiger partial charge on any atom is 0.438 e. The normalized spacial score (nSPS) is 10.4. The fourth-order valence-electron chi connectivity index (χ4n) is 0.240. The van der Waals surface area contributed by atoms with Gasteiger partial charge < -0.3 is 9.05 Å². The molecule has 0 heterocycles. The van der Waals surface area contributed by atoms with Gasteiger partial charge in [0.25, 0.3) is 0 Å². The third-order valence-electron chi connectivity index (χ3n) is 0.708. The molecular weight excluding hydrogens is 143 g/mol. The van der Waals surface area contributed by atoms with Crippen LogP contribution in [-0.4, -0.2) is 25.0 Å². The maximum absolute atomic E-state index is 10.8. The highest BCUT2D eigenvalue weighted by Gasteiger charge is 2.24. The van der Waals surface area contributed by atoms with Crippen molar-refractivity contribution in [2.75, 3.05) is 14.2 Å². The molecule has 0 atom stereocenters. The molecule has 0 amide bonds. The van der Waals surface area contributed by atoms with Gasteiger partial charge in [-0.25, -0.2) is 4.57 Å². The Balaban J connectivity index is 4.28. The summed E-state index contributed by atoms with van der Waals surface area (Å²) in [5, 5.41) is 0. The summed E-state index contributed by atoms with van der Waals surface area (Å²) in [4.78, 5) is 2.76. The van der Waals surface area contributed by atoms with Gasteiger partial charge in [-0.2, -0.15) is 0 Å². The molecule has 5 nitrogen and oxygen atoms in total. The second-order valence-electron chi connectivity index (χ2n) is 1.15. The Kier molecular flexibility index (Phi) is 3.35. The van der Waals surface area contributed by atoms with E-state index in [0.29, 0.717) is 0 Å². The van der Waals surface area contributed by atoms with Gasteiger partial charge in [-0.1, -0.05) is 0 Å². The van der Waals surface area contributed by atoms with Gasteiger partial charge in [0, 0.05) is 14.2 Å². The van der Waals surface area contributed by atoms with Crippen LogP contribution in [0, 0.1) is 5.53 Å². The second-order valence-corrected chi connectivity index (χ2v) is 3.19. The van der Waals surface area contributed by atoms with E-state index in [4.69, 9.17) is 5.53 Å². The van der Waals surface area contributed by atoms with Crippen molar-refractivity contribution in [2.24, 2.45) is 0 Å². The molecule has 0 bridgehead atoms. The van der Waals surface area contributed by atoms with E-state index in [0.717, 1.165) is 5.96 Å². The van der Waals surface area contributed by atoms with E-state index in [9.17, 15) is 4.57 Å². The molecule has 0 spiro atoms. The molecule has 0 rings (SSSR count). The highest BCUT2D eigenvalue weighted by Crippen LogP contribution is 2.42. The topological polar surface area (TPSA) is 73.5 Å². The predicted octanol–water partition coefficient (Wildman–Crippen LogP) is 0.740. The largest absolute Gasteiger partial charge is 0.438 e. The quantitative estimate of drug-likeness (QED) is 0.280. The van der Waals surface area contributed by atoms with Crippen LogP contribution in [-0.2, 0) is 13.6 Å². The lowest BCUT2D eigenvalue weighted by Gasteiger charge is -1.99. The van der Waals surface area contributed by atoms with E-state index in [2.05, 4.69) is 13.8 Å². The van der Waals surface area contributed by atoms with Gasteiger partial charge in [0.15, 0.2) is 0 Å². The Hall–Kier alpha value is -0.470. The van der Waals surface area contributed by atoms with E-state index in [1.54, 1.807) is 0 Å². The van der Waals surface area contributed by atoms with Gasteiger partial charge in [0.1, 0.15) is 0 Å². The summed E-state index contributed by atoms with van der Waals surface area (Å²) in [6.07, 6.45) is 0. The smallest absolute Gasteiger partial charge is 0.304 e. The Morgan fingerprint density at radius 3 is 2.11 bits per heavy atom. The Bertz CT molecular complexity index is 166. The monoisotopic (exact) mass is 151 g/mol. The molecule has 0 aliphatic heterocycles. The van der Waals surface area contributed by atoms with Crippen LogP contribution < -0.4 is 0 Å². The first-order valence-corrected chi connectivity index (χ1v) is 3.72. The Morgan fingerprint density at radius 2 is 2.00 bits per heavy atom. The Labute approximate surface area is 52.7 Å². The van der Waals surface area contributed by atoms with Crippen molar-refractivity contribution in [3.63, 3.8) is 0 Å². The second kappa shape index (κ2) is 3.54. The first-order valence-electron chi connectivity index (χ1n) is 2.10. The average Bonchev–Trinajstić information content (AvgIpc) is 1.89. The Morgan fingerprint density at radius 1 is 1.56 bits per heavy atom. The summed E-state index contributed by atoms with van der Waals surface area (Å²) < 4.78 is 19.6. The zero-order valence-corrected chi connectivity index (χ0v) is 6.09. The van der Waals surface area contributed by atoms with Crippen molar-refractivity contribution in [2.45, 2.75) is 0 Å². The molecule has 0 unspecified atom stereocenters. The van der Waals surface area contributed by atoms with Gasteiger partial charge in [-0.05, 0) is 0 Å². The van der Waals surface area contributed by atoms with Crippen LogP contribution in [0.2, 0.25) is 0 Å². The van der Waals surface area contributed by atoms with Crippen molar-refractivity contribution in [3.8, 4) is 0 Å². The molecule has 0 saturated heterocycles. The number of hydrogen-bond acceptors (Lipinski definition) is 4. The summed E-state index contributed by atoms with van der Waals surface area (Å²) in [6, 6.07) is 0. The van der Waals surface area contributed by atoms with Gasteiger partial charge >= 0.3 is 13.6 Å². The first-order chi connectivity index (χ1) is 4.18. The van der Waals surface area contributed by atoms with Crippen LogP contribution in [0.1, 0.15) is 0 Å². The molecule has 0 aliphatic carbocycles. The van der Waals surface area contributed by atoms with E-state index < -0.39 is 7.60 Å². The summed E-state index contributed by atoms with van der Waals surface area (Å²) in [5.41, 5.74) is 6.30. The third-order valence-corrected chi connectivity index (χ3v) is 2.12. The van der Waals surface area contributed by atoms with Crippen molar-refractivity contribution >= 4 is 13.6 Å². The van der Waals surface area contributed by atoms with Crippen LogP contribution >= 0.6 is 7.60 Å². The lowest BCUT2D eigenvalue weighted by Crippen LogP contribution is -1.88. The number of nitrogens with one attached hydrogen (secondary N) is 1. The van der Waals surface area contributed by atoms with Crippen LogP contribution in [0.3, 0.4) is 0 Å². The first kappa shape index (κ1) is 8.53. The molecule has 0 aromatic heterocycles. The molecule has 0 saturated carbocycles. The fraction of sp³-hybridized carbons (Fsp3) is 0.667. The fourth-order valence-corrected chi connectivity index (χ4v) is 0.719. The van der Waals surface area contributed by atoms with Crippen LogP contribution in [0.25, 0.3) is 0 Å². The molecule has 0 aromatic carbocycles. The summed E-state index contributed by atoms with van der Waals surface area (Å²) >= 11 is 0. The molecule has 52 valence electrons. The molecule has 6 heteroatoms. The third kappa shape index (κ3) is 2.54. The molecule has 0 aliphatic rings. The van der Waals surface area contributed by atoms with E-state index in [1.807, 2.05) is 0 Å². The minimum atomic E-state index is -3.16. The predicted molar refractivity (Wildman–Crippen MR) is 30.7 cm³/mol. The van der Waals surface area contributed by atoms with Crippen LogP contribution in [0.4, 0.5) is 0 Å². The number of hydrogen-bond donors (Lipinski definition) is 1. The van der Waals surface area contributed by atoms with E-state index >= 15 is 0 Å². The van der Waals surface area contributed by atoms with Crippen molar-refractivity contribution in [3.05, 3.63) is 0 Å². The van der Waals surface area contributed by atoms with Crippen LogP contribution in [0.15, 0.2) is 0 Å². The number of nitrogens with zero attached hydrogens (tertiary/aromatic N) is 1. The minimum absolute atomic E-state index is 0.826. The van der Waals surface area contributed by atoms with Gasteiger partial charge in [-0.15, -0.1) is 0 Å². The molecule has 1 N–H and O–H groups in total. The summed E-state index contributed by atoms with van der Waals surface area (Å²) in [5.74, 6) is 0.826. The van der Waals surface area contributed by atoms with Gasteiger partial charge in [0.2, 0.25) is 0 Å². The molecular formula is C3H8N2O3P+. The molecule has 0 aromatic rings. The average molecular weight is 151 g/mol. The van der Waals surface area contributed by atoms with Crippen LogP contribution in [0.5, 0.6) is 0 Å². The van der Waals surface area contributed by atoms with E-state index in [-0.39, 0.29) is 0 Å². The lowest BCUT2D eigenvalue weighted by atomic mass is 11.7. The highest BCUT2D eigenvalue weighted by atomic mass is 31.2. The summed E-state index contributed by atoms with van der Waals surface area (Å²) in [7, 11) is -0.704. The molecule has 0 fully saturated rings. The molecule has 0 radical (unpaired) electrons. The SMILES string of the molecule is COP(=O)(C=[N+]=N)OC. The van der Waals surface area contributed by atoms with Crippen molar-refractivity contribution in [1.29, 1.82) is 5.53 Å². The number of rotatable bonds is 3. The highest BCUT2D eigenvalue weighted by molar-refractivity contribution is 7.69. The van der Waals surface area contributed by atoms with Gasteiger partial charge in [-0.3, -0.25) is 0 Å². The zero-order valence-electron chi connectivity index (χ0n) is 5.20.